The van der Waals surface area contributed by atoms with E-state index in [1.54, 1.807) is 12.1 Å². The molecule has 15 heavy (non-hydrogen) atoms. The Hall–Kier alpha value is -0.870. The zero-order valence-corrected chi connectivity index (χ0v) is 9.10. The second kappa shape index (κ2) is 5.88. The van der Waals surface area contributed by atoms with Gasteiger partial charge in [0, 0.05) is 18.0 Å². The van der Waals surface area contributed by atoms with Crippen molar-refractivity contribution in [3.63, 3.8) is 0 Å². The van der Waals surface area contributed by atoms with Gasteiger partial charge in [-0.2, -0.15) is 0 Å². The molecule has 1 aromatic carbocycles. The molecule has 0 aromatic heterocycles. The van der Waals surface area contributed by atoms with Gasteiger partial charge in [0.1, 0.15) is 5.75 Å². The van der Waals surface area contributed by atoms with Gasteiger partial charge < -0.3 is 10.8 Å². The first kappa shape index (κ1) is 14.1. The fourth-order valence-corrected chi connectivity index (χ4v) is 1.29. The number of phenolic OH excluding ortho intramolecular Hbond substituents is 1. The Morgan fingerprint density at radius 1 is 1.40 bits per heavy atom. The van der Waals surface area contributed by atoms with Gasteiger partial charge in [0.2, 0.25) is 6.43 Å². The minimum absolute atomic E-state index is 0. The molecule has 0 spiro atoms. The Morgan fingerprint density at radius 2 is 2.00 bits per heavy atom. The van der Waals surface area contributed by atoms with Gasteiger partial charge in [-0.1, -0.05) is 17.7 Å². The fraction of sp³-hybridized carbons (Fsp3) is 0.400. The van der Waals surface area contributed by atoms with E-state index in [1.807, 2.05) is 6.92 Å². The molecule has 0 fully saturated rings. The molecular weight excluding hydrogens is 224 g/mol. The van der Waals surface area contributed by atoms with Gasteiger partial charge in [-0.25, -0.2) is 8.78 Å². The molecule has 0 saturated heterocycles. The molecule has 0 bridgehead atoms. The molecule has 0 heterocycles. The number of benzene rings is 1. The second-order valence-corrected chi connectivity index (χ2v) is 3.30. The molecule has 0 saturated carbocycles. The van der Waals surface area contributed by atoms with Crippen LogP contribution in [0.4, 0.5) is 8.78 Å². The van der Waals surface area contributed by atoms with Gasteiger partial charge in [0.05, 0.1) is 0 Å². The number of phenols is 1. The number of alkyl halides is 2. The van der Waals surface area contributed by atoms with Gasteiger partial charge in [-0.15, -0.1) is 12.4 Å². The lowest BCUT2D eigenvalue weighted by atomic mass is 10.0. The lowest BCUT2D eigenvalue weighted by Crippen LogP contribution is -2.14. The second-order valence-electron chi connectivity index (χ2n) is 3.30. The van der Waals surface area contributed by atoms with Crippen LogP contribution >= 0.6 is 12.4 Å². The number of rotatable bonds is 3. The van der Waals surface area contributed by atoms with Crippen LogP contribution in [0.1, 0.15) is 23.6 Å². The van der Waals surface area contributed by atoms with Crippen LogP contribution in [0.3, 0.4) is 0 Å². The largest absolute Gasteiger partial charge is 0.508 e. The summed E-state index contributed by atoms with van der Waals surface area (Å²) in [7, 11) is 0. The number of hydrogen-bond acceptors (Lipinski definition) is 2. The van der Waals surface area contributed by atoms with E-state index in [0.29, 0.717) is 5.56 Å². The average molecular weight is 238 g/mol. The Morgan fingerprint density at radius 3 is 2.53 bits per heavy atom. The Bertz CT molecular complexity index is 320. The molecule has 86 valence electrons. The van der Waals surface area contributed by atoms with E-state index in [1.165, 1.54) is 6.07 Å². The third-order valence-electron chi connectivity index (χ3n) is 2.01. The van der Waals surface area contributed by atoms with Crippen LogP contribution in [-0.2, 0) is 0 Å². The van der Waals surface area contributed by atoms with E-state index >= 15 is 0 Å². The summed E-state index contributed by atoms with van der Waals surface area (Å²) in [6.45, 7) is 1.82. The van der Waals surface area contributed by atoms with Gasteiger partial charge in [-0.05, 0) is 13.0 Å². The fourth-order valence-electron chi connectivity index (χ4n) is 1.29. The van der Waals surface area contributed by atoms with Crippen molar-refractivity contribution < 1.29 is 13.9 Å². The molecule has 5 heteroatoms. The van der Waals surface area contributed by atoms with Crippen molar-refractivity contribution in [3.05, 3.63) is 29.3 Å². The topological polar surface area (TPSA) is 46.2 Å². The molecule has 1 aromatic rings. The molecule has 2 nitrogen and oxygen atoms in total. The predicted octanol–water partition coefficient (Wildman–Crippen LogP) is 2.78. The third kappa shape index (κ3) is 4.01. The summed E-state index contributed by atoms with van der Waals surface area (Å²) in [6.07, 6.45) is -2.89. The molecule has 3 N–H and O–H groups in total. The maximum atomic E-state index is 12.0. The maximum absolute atomic E-state index is 12.0. The summed E-state index contributed by atoms with van der Waals surface area (Å²) in [6, 6.07) is 3.99. The lowest BCUT2D eigenvalue weighted by molar-refractivity contribution is 0.128. The highest BCUT2D eigenvalue weighted by Gasteiger charge is 2.15. The molecule has 0 aliphatic carbocycles. The van der Waals surface area contributed by atoms with E-state index in [2.05, 4.69) is 0 Å². The van der Waals surface area contributed by atoms with E-state index in [4.69, 9.17) is 5.73 Å². The standard InChI is InChI=1S/C10H13F2NO.ClH/c1-6-2-3-9(14)7(4-6)8(13)5-10(11)12;/h2-4,8,10,14H,5,13H2,1H3;1H/t8-;/m0./s1. The van der Waals surface area contributed by atoms with Crippen LogP contribution in [0.25, 0.3) is 0 Å². The normalized spacial score (nSPS) is 12.3. The Kier molecular flexibility index (Phi) is 5.54. The number of hydrogen-bond donors (Lipinski definition) is 2. The van der Waals surface area contributed by atoms with Crippen LogP contribution in [0, 0.1) is 6.92 Å². The van der Waals surface area contributed by atoms with Crippen LogP contribution in [-0.4, -0.2) is 11.5 Å². The molecule has 0 aliphatic rings. The van der Waals surface area contributed by atoms with E-state index < -0.39 is 18.9 Å². The predicted molar refractivity (Wildman–Crippen MR) is 57.6 cm³/mol. The number of aryl methyl sites for hydroxylation is 1. The average Bonchev–Trinajstić information content (AvgIpc) is 2.08. The number of aromatic hydroxyl groups is 1. The summed E-state index contributed by atoms with van der Waals surface area (Å²) in [5.74, 6) is -0.0243. The quantitative estimate of drug-likeness (QED) is 0.849. The molecule has 0 amide bonds. The van der Waals surface area contributed by atoms with Gasteiger partial charge in [0.15, 0.2) is 0 Å². The van der Waals surface area contributed by atoms with Crippen molar-refractivity contribution in [1.82, 2.24) is 0 Å². The van der Waals surface area contributed by atoms with E-state index in [9.17, 15) is 13.9 Å². The lowest BCUT2D eigenvalue weighted by Gasteiger charge is -2.13. The van der Waals surface area contributed by atoms with Crippen molar-refractivity contribution in [1.29, 1.82) is 0 Å². The van der Waals surface area contributed by atoms with Gasteiger partial charge in [0.25, 0.3) is 0 Å². The summed E-state index contributed by atoms with van der Waals surface area (Å²) in [4.78, 5) is 0. The van der Waals surface area contributed by atoms with Crippen molar-refractivity contribution >= 4 is 12.4 Å². The first-order valence-electron chi connectivity index (χ1n) is 4.34. The molecule has 0 aliphatic heterocycles. The van der Waals surface area contributed by atoms with Crippen LogP contribution in [0.15, 0.2) is 18.2 Å². The molecule has 1 atom stereocenters. The van der Waals surface area contributed by atoms with Crippen LogP contribution < -0.4 is 5.73 Å². The molecule has 0 radical (unpaired) electrons. The SMILES string of the molecule is Cc1ccc(O)c([C@@H](N)CC(F)F)c1.Cl. The Balaban J connectivity index is 0.00000196. The molecule has 1 rings (SSSR count). The summed E-state index contributed by atoms with van der Waals surface area (Å²) >= 11 is 0. The number of halogens is 3. The van der Waals surface area contributed by atoms with Gasteiger partial charge >= 0.3 is 0 Å². The van der Waals surface area contributed by atoms with Crippen molar-refractivity contribution in [2.75, 3.05) is 0 Å². The molecular formula is C10H14ClF2NO. The highest BCUT2D eigenvalue weighted by Crippen LogP contribution is 2.27. The summed E-state index contributed by atoms with van der Waals surface area (Å²) < 4.78 is 24.1. The first-order valence-corrected chi connectivity index (χ1v) is 4.34. The zero-order valence-electron chi connectivity index (χ0n) is 8.28. The summed E-state index contributed by atoms with van der Waals surface area (Å²) in [5.41, 5.74) is 6.80. The van der Waals surface area contributed by atoms with Crippen molar-refractivity contribution in [2.24, 2.45) is 5.73 Å². The maximum Gasteiger partial charge on any atom is 0.240 e. The minimum Gasteiger partial charge on any atom is -0.508 e. The first-order chi connectivity index (χ1) is 6.50. The monoisotopic (exact) mass is 237 g/mol. The van der Waals surface area contributed by atoms with Crippen LogP contribution in [0.5, 0.6) is 5.75 Å². The van der Waals surface area contributed by atoms with Crippen molar-refractivity contribution in [3.8, 4) is 5.75 Å². The summed E-state index contributed by atoms with van der Waals surface area (Å²) in [5, 5.41) is 9.39. The third-order valence-corrected chi connectivity index (χ3v) is 2.01. The Labute approximate surface area is 93.5 Å². The zero-order chi connectivity index (χ0) is 10.7. The smallest absolute Gasteiger partial charge is 0.240 e. The highest BCUT2D eigenvalue weighted by atomic mass is 35.5. The minimum atomic E-state index is -2.45. The number of nitrogens with two attached hydrogens (primary N) is 1. The van der Waals surface area contributed by atoms with Crippen LogP contribution in [0.2, 0.25) is 0 Å². The van der Waals surface area contributed by atoms with E-state index in [-0.39, 0.29) is 18.2 Å². The van der Waals surface area contributed by atoms with Gasteiger partial charge in [-0.3, -0.25) is 0 Å². The highest BCUT2D eigenvalue weighted by molar-refractivity contribution is 5.85. The van der Waals surface area contributed by atoms with E-state index in [0.717, 1.165) is 5.56 Å². The molecule has 0 unspecified atom stereocenters. The van der Waals surface area contributed by atoms with Crippen molar-refractivity contribution in [2.45, 2.75) is 25.8 Å².